The van der Waals surface area contributed by atoms with E-state index in [0.29, 0.717) is 6.61 Å². The lowest BCUT2D eigenvalue weighted by Gasteiger charge is -2.03. The fraction of sp³-hybridized carbons (Fsp3) is 1.00. The van der Waals surface area contributed by atoms with Crippen molar-refractivity contribution in [3.63, 3.8) is 0 Å². The first-order chi connectivity index (χ1) is 7.41. The Bertz CT molecular complexity index is 97.8. The van der Waals surface area contributed by atoms with Gasteiger partial charge in [0.05, 0.1) is 13.2 Å². The van der Waals surface area contributed by atoms with Crippen molar-refractivity contribution in [3.05, 3.63) is 0 Å². The van der Waals surface area contributed by atoms with Crippen LogP contribution in [0.5, 0.6) is 0 Å². The molecular weight excluding hydrogens is 208 g/mol. The third-order valence-corrected chi connectivity index (χ3v) is 2.69. The van der Waals surface area contributed by atoms with E-state index >= 15 is 0 Å². The van der Waals surface area contributed by atoms with Gasteiger partial charge in [-0.1, -0.05) is 32.1 Å². The first-order valence-electron chi connectivity index (χ1n) is 6.09. The zero-order valence-electron chi connectivity index (χ0n) is 10.0. The summed E-state index contributed by atoms with van der Waals surface area (Å²) in [6, 6.07) is 0. The molecule has 0 heterocycles. The van der Waals surface area contributed by atoms with Crippen molar-refractivity contribution >= 4 is 12.6 Å². The molecule has 0 aliphatic heterocycles. The molecule has 0 aromatic carbocycles. The van der Waals surface area contributed by atoms with Crippen molar-refractivity contribution in [3.8, 4) is 0 Å². The third kappa shape index (κ3) is 14.3. The van der Waals surface area contributed by atoms with Crippen LogP contribution < -0.4 is 0 Å². The Morgan fingerprint density at radius 3 is 1.93 bits per heavy atom. The molecule has 0 aromatic rings. The number of methoxy groups -OCH3 is 1. The van der Waals surface area contributed by atoms with Crippen LogP contribution in [0.4, 0.5) is 0 Å². The normalized spacial score (nSPS) is 10.8. The summed E-state index contributed by atoms with van der Waals surface area (Å²) in [6.07, 6.45) is 9.18. The molecule has 0 rings (SSSR count). The molecule has 0 unspecified atom stereocenters. The average molecular weight is 234 g/mol. The SMILES string of the molecule is COCCOCCCCCCCCCS. The molecule has 0 aromatic heterocycles. The van der Waals surface area contributed by atoms with Crippen LogP contribution in [0, 0.1) is 0 Å². The quantitative estimate of drug-likeness (QED) is 0.412. The summed E-state index contributed by atoms with van der Waals surface area (Å²) in [6.45, 7) is 2.34. The zero-order valence-corrected chi connectivity index (χ0v) is 10.9. The molecule has 15 heavy (non-hydrogen) atoms. The largest absolute Gasteiger partial charge is 0.382 e. The lowest BCUT2D eigenvalue weighted by atomic mass is 10.1. The predicted octanol–water partition coefficient (Wildman–Crippen LogP) is 3.31. The highest BCUT2D eigenvalue weighted by atomic mass is 32.1. The van der Waals surface area contributed by atoms with Crippen molar-refractivity contribution in [2.45, 2.75) is 44.9 Å². The van der Waals surface area contributed by atoms with E-state index in [1.807, 2.05) is 0 Å². The number of hydrogen-bond donors (Lipinski definition) is 1. The highest BCUT2D eigenvalue weighted by molar-refractivity contribution is 7.80. The minimum Gasteiger partial charge on any atom is -0.382 e. The molecule has 92 valence electrons. The second kappa shape index (κ2) is 14.3. The van der Waals surface area contributed by atoms with E-state index in [-0.39, 0.29) is 0 Å². The van der Waals surface area contributed by atoms with Crippen LogP contribution in [0.3, 0.4) is 0 Å². The van der Waals surface area contributed by atoms with E-state index in [0.717, 1.165) is 19.0 Å². The fourth-order valence-electron chi connectivity index (χ4n) is 1.44. The van der Waals surface area contributed by atoms with Crippen molar-refractivity contribution in [2.24, 2.45) is 0 Å². The topological polar surface area (TPSA) is 18.5 Å². The standard InChI is InChI=1S/C12H26O2S/c1-13-10-11-14-9-7-5-3-2-4-6-8-12-15/h15H,2-12H2,1H3. The number of unbranched alkanes of at least 4 members (excludes halogenated alkanes) is 6. The van der Waals surface area contributed by atoms with Gasteiger partial charge in [0, 0.05) is 13.7 Å². The van der Waals surface area contributed by atoms with Gasteiger partial charge in [-0.25, -0.2) is 0 Å². The Balaban J connectivity index is 2.81. The van der Waals surface area contributed by atoms with Crippen LogP contribution in [0.25, 0.3) is 0 Å². The molecule has 0 spiro atoms. The highest BCUT2D eigenvalue weighted by Gasteiger charge is 1.92. The van der Waals surface area contributed by atoms with Gasteiger partial charge in [-0.2, -0.15) is 12.6 Å². The van der Waals surface area contributed by atoms with Gasteiger partial charge in [-0.05, 0) is 18.6 Å². The molecule has 0 fully saturated rings. The molecule has 0 bridgehead atoms. The maximum absolute atomic E-state index is 5.38. The minimum absolute atomic E-state index is 0.712. The average Bonchev–Trinajstić information content (AvgIpc) is 2.26. The summed E-state index contributed by atoms with van der Waals surface area (Å²) in [5.74, 6) is 1.04. The second-order valence-corrected chi connectivity index (χ2v) is 4.25. The molecule has 0 saturated carbocycles. The molecule has 0 saturated heterocycles. The summed E-state index contributed by atoms with van der Waals surface area (Å²) in [4.78, 5) is 0. The Kier molecular flexibility index (Phi) is 14.5. The molecule has 0 amide bonds. The van der Waals surface area contributed by atoms with Gasteiger partial charge in [0.15, 0.2) is 0 Å². The first kappa shape index (κ1) is 15.3. The molecule has 0 aliphatic carbocycles. The van der Waals surface area contributed by atoms with Crippen molar-refractivity contribution in [1.82, 2.24) is 0 Å². The Morgan fingerprint density at radius 1 is 0.733 bits per heavy atom. The van der Waals surface area contributed by atoms with Crippen molar-refractivity contribution in [2.75, 3.05) is 32.7 Å². The first-order valence-corrected chi connectivity index (χ1v) is 6.72. The Hall–Kier alpha value is 0.270. The van der Waals surface area contributed by atoms with Crippen LogP contribution in [0.1, 0.15) is 44.9 Å². The Morgan fingerprint density at radius 2 is 1.33 bits per heavy atom. The van der Waals surface area contributed by atoms with Crippen LogP contribution in [-0.2, 0) is 9.47 Å². The van der Waals surface area contributed by atoms with Crippen molar-refractivity contribution < 1.29 is 9.47 Å². The molecule has 2 nitrogen and oxygen atoms in total. The maximum atomic E-state index is 5.38. The summed E-state index contributed by atoms with van der Waals surface area (Å²) in [5, 5.41) is 0. The summed E-state index contributed by atoms with van der Waals surface area (Å²) in [7, 11) is 1.70. The predicted molar refractivity (Wildman–Crippen MR) is 68.9 cm³/mol. The lowest BCUT2D eigenvalue weighted by Crippen LogP contribution is -2.02. The van der Waals surface area contributed by atoms with E-state index in [2.05, 4.69) is 12.6 Å². The monoisotopic (exact) mass is 234 g/mol. The molecule has 3 heteroatoms. The highest BCUT2D eigenvalue weighted by Crippen LogP contribution is 2.07. The smallest absolute Gasteiger partial charge is 0.0700 e. The molecule has 0 radical (unpaired) electrons. The van der Waals surface area contributed by atoms with Gasteiger partial charge in [0.2, 0.25) is 0 Å². The number of thiol groups is 1. The van der Waals surface area contributed by atoms with E-state index in [1.54, 1.807) is 7.11 Å². The summed E-state index contributed by atoms with van der Waals surface area (Å²) < 4.78 is 10.3. The maximum Gasteiger partial charge on any atom is 0.0700 e. The summed E-state index contributed by atoms with van der Waals surface area (Å²) >= 11 is 4.19. The van der Waals surface area contributed by atoms with E-state index in [9.17, 15) is 0 Å². The van der Waals surface area contributed by atoms with E-state index in [4.69, 9.17) is 9.47 Å². The molecular formula is C12H26O2S. The van der Waals surface area contributed by atoms with Gasteiger partial charge in [-0.3, -0.25) is 0 Å². The van der Waals surface area contributed by atoms with Crippen molar-refractivity contribution in [1.29, 1.82) is 0 Å². The van der Waals surface area contributed by atoms with Gasteiger partial charge in [-0.15, -0.1) is 0 Å². The number of hydrogen-bond acceptors (Lipinski definition) is 3. The van der Waals surface area contributed by atoms with E-state index in [1.165, 1.54) is 44.9 Å². The zero-order chi connectivity index (χ0) is 11.2. The lowest BCUT2D eigenvalue weighted by molar-refractivity contribution is 0.0685. The minimum atomic E-state index is 0.712. The second-order valence-electron chi connectivity index (χ2n) is 3.80. The molecule has 0 atom stereocenters. The van der Waals surface area contributed by atoms with Gasteiger partial charge < -0.3 is 9.47 Å². The van der Waals surface area contributed by atoms with Crippen LogP contribution in [-0.4, -0.2) is 32.7 Å². The Labute approximate surface area is 100 Å². The van der Waals surface area contributed by atoms with Gasteiger partial charge in [0.1, 0.15) is 0 Å². The van der Waals surface area contributed by atoms with Crippen LogP contribution in [0.2, 0.25) is 0 Å². The molecule has 0 aliphatic rings. The van der Waals surface area contributed by atoms with Gasteiger partial charge in [0.25, 0.3) is 0 Å². The molecule has 0 N–H and O–H groups in total. The van der Waals surface area contributed by atoms with E-state index < -0.39 is 0 Å². The van der Waals surface area contributed by atoms with Crippen LogP contribution >= 0.6 is 12.6 Å². The fourth-order valence-corrected chi connectivity index (χ4v) is 1.67. The number of ether oxygens (including phenoxy) is 2. The number of rotatable bonds is 12. The van der Waals surface area contributed by atoms with Gasteiger partial charge >= 0.3 is 0 Å². The third-order valence-electron chi connectivity index (χ3n) is 2.38. The van der Waals surface area contributed by atoms with Crippen LogP contribution in [0.15, 0.2) is 0 Å². The summed E-state index contributed by atoms with van der Waals surface area (Å²) in [5.41, 5.74) is 0.